The summed E-state index contributed by atoms with van der Waals surface area (Å²) in [5.41, 5.74) is 7.46. The summed E-state index contributed by atoms with van der Waals surface area (Å²) in [5.74, 6) is 0.0765. The third-order valence-electron chi connectivity index (χ3n) is 6.12. The molecule has 0 aliphatic carbocycles. The lowest BCUT2D eigenvalue weighted by Gasteiger charge is -2.20. The summed E-state index contributed by atoms with van der Waals surface area (Å²) in [6.45, 7) is 8.67. The van der Waals surface area contributed by atoms with E-state index in [1.807, 2.05) is 56.3 Å². The molecule has 0 unspecified atom stereocenters. The van der Waals surface area contributed by atoms with Crippen LogP contribution in [-0.2, 0) is 10.2 Å². The number of benzene rings is 1. The van der Waals surface area contributed by atoms with Crippen molar-refractivity contribution < 1.29 is 4.79 Å². The van der Waals surface area contributed by atoms with Gasteiger partial charge in [-0.25, -0.2) is 0 Å². The van der Waals surface area contributed by atoms with E-state index in [9.17, 15) is 4.79 Å². The Kier molecular flexibility index (Phi) is 4.32. The number of pyridine rings is 2. The molecule has 31 heavy (non-hydrogen) atoms. The van der Waals surface area contributed by atoms with Gasteiger partial charge in [0.05, 0.1) is 29.2 Å². The number of aryl methyl sites for hydroxylation is 2. The molecule has 1 amide bonds. The van der Waals surface area contributed by atoms with Crippen molar-refractivity contribution in [3.8, 4) is 0 Å². The number of hydrogen-bond donors (Lipinski definition) is 1. The van der Waals surface area contributed by atoms with E-state index < -0.39 is 5.41 Å². The van der Waals surface area contributed by atoms with Crippen LogP contribution < -0.4 is 15.1 Å². The van der Waals surface area contributed by atoms with Gasteiger partial charge in [0.15, 0.2) is 0 Å². The van der Waals surface area contributed by atoms with Crippen LogP contribution in [0.25, 0.3) is 5.70 Å². The second kappa shape index (κ2) is 6.94. The van der Waals surface area contributed by atoms with E-state index in [0.717, 1.165) is 45.1 Å². The predicted octanol–water partition coefficient (Wildman–Crippen LogP) is 4.42. The molecular formula is C25H25N5O. The topological polar surface area (TPSA) is 61.4 Å². The first-order valence-corrected chi connectivity index (χ1v) is 10.4. The first-order chi connectivity index (χ1) is 14.9. The fraction of sp³-hybridized carbons (Fsp3) is 0.240. The fourth-order valence-electron chi connectivity index (χ4n) is 4.38. The predicted molar refractivity (Wildman–Crippen MR) is 123 cm³/mol. The maximum Gasteiger partial charge on any atom is 0.241 e. The molecule has 1 N–H and O–H groups in total. The fourth-order valence-corrected chi connectivity index (χ4v) is 4.38. The van der Waals surface area contributed by atoms with Crippen molar-refractivity contribution >= 4 is 28.7 Å². The molecule has 0 radical (unpaired) electrons. The molecule has 156 valence electrons. The molecule has 6 nitrogen and oxygen atoms in total. The molecule has 0 saturated carbocycles. The molecule has 0 spiro atoms. The van der Waals surface area contributed by atoms with Gasteiger partial charge in [-0.15, -0.1) is 0 Å². The van der Waals surface area contributed by atoms with E-state index in [1.54, 1.807) is 6.20 Å². The minimum atomic E-state index is -0.581. The van der Waals surface area contributed by atoms with Crippen LogP contribution >= 0.6 is 0 Å². The quantitative estimate of drug-likeness (QED) is 0.692. The molecule has 2 aliphatic heterocycles. The second-order valence-electron chi connectivity index (χ2n) is 8.66. The van der Waals surface area contributed by atoms with Crippen molar-refractivity contribution in [2.75, 3.05) is 16.5 Å². The molecule has 5 rings (SSSR count). The first-order valence-electron chi connectivity index (χ1n) is 10.4. The molecule has 1 aromatic carbocycles. The zero-order chi connectivity index (χ0) is 21.8. The number of nitrogens with one attached hydrogen (secondary N) is 1. The summed E-state index contributed by atoms with van der Waals surface area (Å²) in [6.07, 6.45) is 7.56. The number of anilines is 3. The van der Waals surface area contributed by atoms with Crippen molar-refractivity contribution in [1.82, 2.24) is 15.3 Å². The van der Waals surface area contributed by atoms with Gasteiger partial charge in [-0.2, -0.15) is 0 Å². The summed E-state index contributed by atoms with van der Waals surface area (Å²) in [4.78, 5) is 25.8. The minimum Gasteiger partial charge on any atom is -0.366 e. The number of carbonyl (C=O) groups excluding carboxylic acids is 1. The Morgan fingerprint density at radius 3 is 2.65 bits per heavy atom. The second-order valence-corrected chi connectivity index (χ2v) is 8.66. The summed E-state index contributed by atoms with van der Waals surface area (Å²) < 4.78 is 0. The highest BCUT2D eigenvalue weighted by Gasteiger charge is 2.44. The lowest BCUT2D eigenvalue weighted by Crippen LogP contribution is -2.33. The zero-order valence-corrected chi connectivity index (χ0v) is 18.2. The van der Waals surface area contributed by atoms with Gasteiger partial charge in [0.2, 0.25) is 5.91 Å². The number of carbonyl (C=O) groups is 1. The van der Waals surface area contributed by atoms with Crippen LogP contribution in [0.5, 0.6) is 0 Å². The highest BCUT2D eigenvalue weighted by atomic mass is 16.2. The molecular weight excluding hydrogens is 386 g/mol. The Morgan fingerprint density at radius 2 is 1.87 bits per heavy atom. The van der Waals surface area contributed by atoms with E-state index in [0.29, 0.717) is 6.67 Å². The van der Waals surface area contributed by atoms with Crippen LogP contribution in [0.1, 0.15) is 36.2 Å². The third-order valence-corrected chi connectivity index (χ3v) is 6.12. The highest BCUT2D eigenvalue weighted by Crippen LogP contribution is 2.46. The number of rotatable bonds is 3. The number of aromatic nitrogens is 2. The van der Waals surface area contributed by atoms with Gasteiger partial charge in [-0.05, 0) is 63.1 Å². The lowest BCUT2D eigenvalue weighted by molar-refractivity contribution is -0.121. The van der Waals surface area contributed by atoms with Crippen molar-refractivity contribution in [2.24, 2.45) is 0 Å². The molecule has 4 heterocycles. The average Bonchev–Trinajstić information content (AvgIpc) is 3.30. The van der Waals surface area contributed by atoms with E-state index >= 15 is 0 Å². The lowest BCUT2D eigenvalue weighted by atomic mass is 9.85. The van der Waals surface area contributed by atoms with Gasteiger partial charge in [-0.3, -0.25) is 19.7 Å². The van der Waals surface area contributed by atoms with Gasteiger partial charge in [0, 0.05) is 41.7 Å². The number of amides is 1. The van der Waals surface area contributed by atoms with Gasteiger partial charge in [0.25, 0.3) is 0 Å². The van der Waals surface area contributed by atoms with Crippen molar-refractivity contribution in [2.45, 2.75) is 33.1 Å². The summed E-state index contributed by atoms with van der Waals surface area (Å²) in [5, 5.41) is 3.49. The van der Waals surface area contributed by atoms with Gasteiger partial charge in [0.1, 0.15) is 0 Å². The van der Waals surface area contributed by atoms with Crippen molar-refractivity contribution in [3.63, 3.8) is 0 Å². The van der Waals surface area contributed by atoms with E-state index in [4.69, 9.17) is 0 Å². The molecule has 0 bridgehead atoms. The van der Waals surface area contributed by atoms with Crippen LogP contribution in [0.3, 0.4) is 0 Å². The van der Waals surface area contributed by atoms with E-state index in [1.165, 1.54) is 0 Å². The molecule has 3 aromatic rings. The molecule has 0 atom stereocenters. The Balaban J connectivity index is 1.57. The van der Waals surface area contributed by atoms with Crippen LogP contribution in [0.4, 0.5) is 17.1 Å². The first kappa shape index (κ1) is 19.3. The highest BCUT2D eigenvalue weighted by molar-refractivity contribution is 6.12. The summed E-state index contributed by atoms with van der Waals surface area (Å²) >= 11 is 0. The summed E-state index contributed by atoms with van der Waals surface area (Å²) in [6, 6.07) is 12.2. The van der Waals surface area contributed by atoms with E-state index in [2.05, 4.69) is 51.5 Å². The molecule has 6 heteroatoms. The smallest absolute Gasteiger partial charge is 0.241 e. The Morgan fingerprint density at radius 1 is 1.03 bits per heavy atom. The zero-order valence-electron chi connectivity index (χ0n) is 18.2. The van der Waals surface area contributed by atoms with Crippen molar-refractivity contribution in [3.05, 3.63) is 83.6 Å². The molecule has 0 saturated heterocycles. The summed E-state index contributed by atoms with van der Waals surface area (Å²) in [7, 11) is 0. The van der Waals surface area contributed by atoms with Gasteiger partial charge >= 0.3 is 0 Å². The molecule has 0 fully saturated rings. The maximum absolute atomic E-state index is 13.4. The molecule has 2 aliphatic rings. The van der Waals surface area contributed by atoms with Crippen LogP contribution in [-0.4, -0.2) is 22.5 Å². The Labute approximate surface area is 182 Å². The van der Waals surface area contributed by atoms with Crippen molar-refractivity contribution in [1.29, 1.82) is 0 Å². The Bertz CT molecular complexity index is 1230. The largest absolute Gasteiger partial charge is 0.366 e. The number of fused-ring (bicyclic) bond motifs is 1. The van der Waals surface area contributed by atoms with Crippen LogP contribution in [0.15, 0.2) is 61.2 Å². The maximum atomic E-state index is 13.4. The van der Waals surface area contributed by atoms with Crippen LogP contribution in [0, 0.1) is 13.8 Å². The standard InChI is InChI=1S/C25H25N5O/c1-16-13-26-9-8-22(16)29-14-21(28-15-29)18-5-6-20-23(12-18)30(24(31)25(20,3)4)19-7-10-27-17(2)11-19/h5-14,28H,15H2,1-4H3. The minimum absolute atomic E-state index is 0.0765. The third kappa shape index (κ3) is 3.06. The SMILES string of the molecule is Cc1cc(N2C(=O)C(C)(C)c3ccc(C4=CN(c5ccncc5C)CN4)cc32)ccn1. The normalized spacial score (nSPS) is 16.9. The van der Waals surface area contributed by atoms with E-state index in [-0.39, 0.29) is 5.91 Å². The van der Waals surface area contributed by atoms with Crippen LogP contribution in [0.2, 0.25) is 0 Å². The number of nitrogens with zero attached hydrogens (tertiary/aromatic N) is 4. The number of hydrogen-bond acceptors (Lipinski definition) is 5. The average molecular weight is 412 g/mol. The molecule has 2 aromatic heterocycles. The van der Waals surface area contributed by atoms with Gasteiger partial charge in [-0.1, -0.05) is 12.1 Å². The Hall–Kier alpha value is -3.67. The monoisotopic (exact) mass is 411 g/mol. The van der Waals surface area contributed by atoms with Gasteiger partial charge < -0.3 is 10.2 Å².